The molecule has 2 aliphatic carbocycles. The van der Waals surface area contributed by atoms with Crippen LogP contribution in [0.15, 0.2) is 30.3 Å². The fourth-order valence-electron chi connectivity index (χ4n) is 2.97. The minimum Gasteiger partial charge on any atom is -0.365 e. The van der Waals surface area contributed by atoms with Gasteiger partial charge in [-0.25, -0.2) is 0 Å². The molecule has 0 spiro atoms. The van der Waals surface area contributed by atoms with E-state index in [0.717, 1.165) is 12.0 Å². The summed E-state index contributed by atoms with van der Waals surface area (Å²) < 4.78 is 5.74. The van der Waals surface area contributed by atoms with Crippen LogP contribution in [-0.2, 0) is 16.1 Å². The van der Waals surface area contributed by atoms with Crippen molar-refractivity contribution >= 4 is 5.78 Å². The van der Waals surface area contributed by atoms with Crippen molar-refractivity contribution < 1.29 is 9.53 Å². The minimum atomic E-state index is -0.104. The van der Waals surface area contributed by atoms with Crippen molar-refractivity contribution in [2.45, 2.75) is 32.0 Å². The van der Waals surface area contributed by atoms with Crippen molar-refractivity contribution in [3.63, 3.8) is 0 Å². The van der Waals surface area contributed by atoms with E-state index in [0.29, 0.717) is 24.2 Å². The lowest BCUT2D eigenvalue weighted by atomic mass is 9.72. The Labute approximate surface area is 95.6 Å². The number of rotatable bonds is 3. The van der Waals surface area contributed by atoms with Crippen LogP contribution < -0.4 is 0 Å². The Morgan fingerprint density at radius 3 is 2.81 bits per heavy atom. The van der Waals surface area contributed by atoms with Crippen molar-refractivity contribution in [1.29, 1.82) is 0 Å². The summed E-state index contributed by atoms with van der Waals surface area (Å²) in [5.74, 6) is 1.20. The monoisotopic (exact) mass is 216 g/mol. The SMILES string of the molecule is O=C1[C@@H](OCc2ccccc2)[C@H]2CCC[C@@H]12. The molecule has 0 saturated heterocycles. The lowest BCUT2D eigenvalue weighted by Crippen LogP contribution is -2.50. The Morgan fingerprint density at radius 1 is 1.19 bits per heavy atom. The van der Waals surface area contributed by atoms with Gasteiger partial charge in [-0.1, -0.05) is 36.8 Å². The lowest BCUT2D eigenvalue weighted by molar-refractivity contribution is -0.158. The normalized spacial score (nSPS) is 32.2. The lowest BCUT2D eigenvalue weighted by Gasteiger charge is -2.38. The van der Waals surface area contributed by atoms with Crippen LogP contribution in [0.4, 0.5) is 0 Å². The van der Waals surface area contributed by atoms with E-state index in [1.54, 1.807) is 0 Å². The van der Waals surface area contributed by atoms with E-state index in [1.165, 1.54) is 12.8 Å². The largest absolute Gasteiger partial charge is 0.365 e. The standard InChI is InChI=1S/C14H16O2/c15-13-11-7-4-8-12(11)14(13)16-9-10-5-2-1-3-6-10/h1-3,5-6,11-12,14H,4,7-9H2/t11-,12+,14+/m1/s1. The Bertz CT molecular complexity index is 385. The average molecular weight is 216 g/mol. The van der Waals surface area contributed by atoms with Gasteiger partial charge in [0.1, 0.15) is 6.10 Å². The molecule has 1 aromatic carbocycles. The number of carbonyl (C=O) groups is 1. The molecule has 2 saturated carbocycles. The van der Waals surface area contributed by atoms with Crippen LogP contribution >= 0.6 is 0 Å². The topological polar surface area (TPSA) is 26.3 Å². The highest BCUT2D eigenvalue weighted by atomic mass is 16.5. The molecule has 0 radical (unpaired) electrons. The zero-order valence-electron chi connectivity index (χ0n) is 9.26. The third-order valence-electron chi connectivity index (χ3n) is 3.88. The van der Waals surface area contributed by atoms with Crippen LogP contribution in [0.2, 0.25) is 0 Å². The molecule has 1 aromatic rings. The molecule has 0 aliphatic heterocycles. The molecule has 0 aromatic heterocycles. The summed E-state index contributed by atoms with van der Waals surface area (Å²) in [7, 11) is 0. The number of Topliss-reactive ketones (excluding diaryl/α,β-unsaturated/α-hetero) is 1. The highest BCUT2D eigenvalue weighted by molar-refractivity contribution is 5.92. The van der Waals surface area contributed by atoms with E-state index >= 15 is 0 Å². The van der Waals surface area contributed by atoms with E-state index in [1.807, 2.05) is 30.3 Å². The number of ketones is 1. The van der Waals surface area contributed by atoms with E-state index < -0.39 is 0 Å². The molecule has 3 atom stereocenters. The van der Waals surface area contributed by atoms with Crippen LogP contribution in [0.3, 0.4) is 0 Å². The zero-order valence-corrected chi connectivity index (χ0v) is 9.26. The smallest absolute Gasteiger partial charge is 0.165 e. The first-order valence-electron chi connectivity index (χ1n) is 6.05. The van der Waals surface area contributed by atoms with Gasteiger partial charge in [-0.05, 0) is 18.4 Å². The quantitative estimate of drug-likeness (QED) is 0.776. The van der Waals surface area contributed by atoms with Gasteiger partial charge in [-0.3, -0.25) is 4.79 Å². The van der Waals surface area contributed by atoms with Gasteiger partial charge in [0.25, 0.3) is 0 Å². The Hall–Kier alpha value is -1.15. The van der Waals surface area contributed by atoms with Crippen molar-refractivity contribution in [3.8, 4) is 0 Å². The summed E-state index contributed by atoms with van der Waals surface area (Å²) in [5, 5.41) is 0. The third kappa shape index (κ3) is 1.57. The minimum absolute atomic E-state index is 0.104. The number of benzene rings is 1. The van der Waals surface area contributed by atoms with Crippen LogP contribution in [0.25, 0.3) is 0 Å². The fraction of sp³-hybridized carbons (Fsp3) is 0.500. The first-order valence-corrected chi connectivity index (χ1v) is 6.05. The maximum absolute atomic E-state index is 11.7. The Kier molecular flexibility index (Phi) is 2.52. The van der Waals surface area contributed by atoms with Gasteiger partial charge in [-0.2, -0.15) is 0 Å². The zero-order chi connectivity index (χ0) is 11.0. The molecule has 0 amide bonds. The molecule has 0 unspecified atom stereocenters. The summed E-state index contributed by atoms with van der Waals surface area (Å²) in [6.45, 7) is 0.570. The van der Waals surface area contributed by atoms with Gasteiger partial charge in [-0.15, -0.1) is 0 Å². The summed E-state index contributed by atoms with van der Waals surface area (Å²) in [6.07, 6.45) is 3.37. The van der Waals surface area contributed by atoms with Gasteiger partial charge >= 0.3 is 0 Å². The van der Waals surface area contributed by atoms with E-state index in [9.17, 15) is 4.79 Å². The van der Waals surface area contributed by atoms with Crippen LogP contribution in [0.1, 0.15) is 24.8 Å². The number of ether oxygens (including phenoxy) is 1. The van der Waals surface area contributed by atoms with Gasteiger partial charge in [0.15, 0.2) is 5.78 Å². The second kappa shape index (κ2) is 4.02. The first-order chi connectivity index (χ1) is 7.86. The highest BCUT2D eigenvalue weighted by Crippen LogP contribution is 2.45. The van der Waals surface area contributed by atoms with E-state index in [4.69, 9.17) is 4.74 Å². The fourth-order valence-corrected chi connectivity index (χ4v) is 2.97. The van der Waals surface area contributed by atoms with Gasteiger partial charge < -0.3 is 4.74 Å². The van der Waals surface area contributed by atoms with E-state index in [2.05, 4.69) is 0 Å². The molecular formula is C14H16O2. The molecule has 2 heteroatoms. The molecule has 0 bridgehead atoms. The van der Waals surface area contributed by atoms with Gasteiger partial charge in [0, 0.05) is 11.8 Å². The first kappa shape index (κ1) is 10.0. The van der Waals surface area contributed by atoms with Crippen molar-refractivity contribution in [2.24, 2.45) is 11.8 Å². The second-order valence-electron chi connectivity index (χ2n) is 4.82. The summed E-state index contributed by atoms with van der Waals surface area (Å²) >= 11 is 0. The molecule has 3 rings (SSSR count). The maximum atomic E-state index is 11.7. The molecule has 2 nitrogen and oxygen atoms in total. The number of hydrogen-bond donors (Lipinski definition) is 0. The highest BCUT2D eigenvalue weighted by Gasteiger charge is 2.52. The predicted octanol–water partition coefficient (Wildman–Crippen LogP) is 2.57. The average Bonchev–Trinajstić information content (AvgIpc) is 2.75. The van der Waals surface area contributed by atoms with E-state index in [-0.39, 0.29) is 6.10 Å². The van der Waals surface area contributed by atoms with Gasteiger partial charge in [0.05, 0.1) is 6.61 Å². The molecule has 0 heterocycles. The second-order valence-corrected chi connectivity index (χ2v) is 4.82. The molecular weight excluding hydrogens is 200 g/mol. The number of carbonyl (C=O) groups excluding carboxylic acids is 1. The predicted molar refractivity (Wildman–Crippen MR) is 60.9 cm³/mol. The Balaban J connectivity index is 1.58. The third-order valence-corrected chi connectivity index (χ3v) is 3.88. The molecule has 84 valence electrons. The number of fused-ring (bicyclic) bond motifs is 1. The Morgan fingerprint density at radius 2 is 2.00 bits per heavy atom. The molecule has 2 fully saturated rings. The van der Waals surface area contributed by atoms with Crippen molar-refractivity contribution in [1.82, 2.24) is 0 Å². The van der Waals surface area contributed by atoms with Crippen molar-refractivity contribution in [3.05, 3.63) is 35.9 Å². The summed E-state index contributed by atoms with van der Waals surface area (Å²) in [5.41, 5.74) is 1.15. The van der Waals surface area contributed by atoms with Crippen LogP contribution in [-0.4, -0.2) is 11.9 Å². The van der Waals surface area contributed by atoms with Gasteiger partial charge in [0.2, 0.25) is 0 Å². The number of hydrogen-bond acceptors (Lipinski definition) is 2. The maximum Gasteiger partial charge on any atom is 0.165 e. The molecule has 16 heavy (non-hydrogen) atoms. The van der Waals surface area contributed by atoms with Crippen LogP contribution in [0, 0.1) is 11.8 Å². The summed E-state index contributed by atoms with van der Waals surface area (Å²) in [6, 6.07) is 10.1. The molecule has 2 aliphatic rings. The molecule has 0 N–H and O–H groups in total. The van der Waals surface area contributed by atoms with Crippen LogP contribution in [0.5, 0.6) is 0 Å². The van der Waals surface area contributed by atoms with Crippen molar-refractivity contribution in [2.75, 3.05) is 0 Å². The summed E-state index contributed by atoms with van der Waals surface area (Å²) in [4.78, 5) is 11.7.